The zero-order valence-corrected chi connectivity index (χ0v) is 16.5. The first-order valence-electron chi connectivity index (χ1n) is 9.87. The topological polar surface area (TPSA) is 70.5 Å². The van der Waals surface area contributed by atoms with Gasteiger partial charge in [0.2, 0.25) is 5.91 Å². The number of carbonyl (C=O) groups excluding carboxylic acids is 2. The van der Waals surface area contributed by atoms with Crippen LogP contribution in [0.3, 0.4) is 0 Å². The van der Waals surface area contributed by atoms with Crippen LogP contribution >= 0.6 is 0 Å². The van der Waals surface area contributed by atoms with E-state index in [-0.39, 0.29) is 30.6 Å². The summed E-state index contributed by atoms with van der Waals surface area (Å²) in [6.45, 7) is 6.56. The second-order valence-corrected chi connectivity index (χ2v) is 7.97. The summed E-state index contributed by atoms with van der Waals surface area (Å²) in [6.07, 6.45) is 2.07. The highest BCUT2D eigenvalue weighted by Crippen LogP contribution is 2.36. The van der Waals surface area contributed by atoms with Crippen LogP contribution in [0.25, 0.3) is 10.9 Å². The van der Waals surface area contributed by atoms with Crippen molar-refractivity contribution in [3.05, 3.63) is 23.5 Å². The Labute approximate surface area is 163 Å². The van der Waals surface area contributed by atoms with Gasteiger partial charge in [-0.25, -0.2) is 9.18 Å². The number of benzene rings is 1. The molecular formula is C20H26FN5O2. The maximum atomic E-state index is 15.5. The molecule has 150 valence electrons. The second kappa shape index (κ2) is 7.16. The molecule has 0 atom stereocenters. The number of anilines is 1. The molecule has 0 radical (unpaired) electrons. The van der Waals surface area contributed by atoms with E-state index in [1.165, 1.54) is 9.58 Å². The SMILES string of the molecule is CC(C)N1CCC(c2ccc3c(N4CCC(=O)NC4=O)nn(C)c3c2F)CC1. The summed E-state index contributed by atoms with van der Waals surface area (Å²) >= 11 is 0. The lowest BCUT2D eigenvalue weighted by atomic mass is 9.88. The van der Waals surface area contributed by atoms with Gasteiger partial charge in [0.1, 0.15) is 5.52 Å². The fourth-order valence-corrected chi connectivity index (χ4v) is 4.33. The lowest BCUT2D eigenvalue weighted by molar-refractivity contribution is -0.120. The number of hydrogen-bond acceptors (Lipinski definition) is 4. The van der Waals surface area contributed by atoms with Crippen LogP contribution in [-0.4, -0.2) is 52.3 Å². The Bertz CT molecular complexity index is 930. The molecule has 2 aromatic rings. The van der Waals surface area contributed by atoms with E-state index in [1.54, 1.807) is 7.05 Å². The summed E-state index contributed by atoms with van der Waals surface area (Å²) in [4.78, 5) is 27.4. The van der Waals surface area contributed by atoms with Crippen molar-refractivity contribution in [2.45, 2.75) is 45.1 Å². The summed E-state index contributed by atoms with van der Waals surface area (Å²) in [5.74, 6) is 0.0224. The van der Waals surface area contributed by atoms with Crippen LogP contribution in [0.5, 0.6) is 0 Å². The van der Waals surface area contributed by atoms with Crippen LogP contribution in [0.1, 0.15) is 44.6 Å². The fraction of sp³-hybridized carbons (Fsp3) is 0.550. The Hall–Kier alpha value is -2.48. The van der Waals surface area contributed by atoms with Crippen LogP contribution in [-0.2, 0) is 11.8 Å². The van der Waals surface area contributed by atoms with Crippen LogP contribution in [0.15, 0.2) is 12.1 Å². The second-order valence-electron chi connectivity index (χ2n) is 7.97. The molecular weight excluding hydrogens is 361 g/mol. The molecule has 3 heterocycles. The Balaban J connectivity index is 1.66. The van der Waals surface area contributed by atoms with Crippen molar-refractivity contribution in [1.29, 1.82) is 0 Å². The molecule has 1 aromatic heterocycles. The van der Waals surface area contributed by atoms with E-state index < -0.39 is 6.03 Å². The smallest absolute Gasteiger partial charge is 0.301 e. The van der Waals surface area contributed by atoms with Gasteiger partial charge < -0.3 is 4.90 Å². The van der Waals surface area contributed by atoms with Crippen molar-refractivity contribution >= 4 is 28.7 Å². The summed E-state index contributed by atoms with van der Waals surface area (Å²) in [5.41, 5.74) is 1.13. The molecule has 0 bridgehead atoms. The van der Waals surface area contributed by atoms with Gasteiger partial charge in [-0.05, 0) is 57.3 Å². The van der Waals surface area contributed by atoms with Gasteiger partial charge in [0.05, 0.1) is 0 Å². The van der Waals surface area contributed by atoms with Gasteiger partial charge in [-0.1, -0.05) is 6.07 Å². The number of fused-ring (bicyclic) bond motifs is 1. The number of piperidine rings is 1. The van der Waals surface area contributed by atoms with E-state index in [9.17, 15) is 9.59 Å². The normalized spacial score (nSPS) is 19.7. The lowest BCUT2D eigenvalue weighted by Crippen LogP contribution is -2.49. The number of aryl methyl sites for hydroxylation is 1. The number of likely N-dealkylation sites (tertiary alicyclic amines) is 1. The minimum Gasteiger partial charge on any atom is -0.301 e. The standard InChI is InChI=1S/C20H26FN5O2/c1-12(2)25-9-6-13(7-10-25)14-4-5-15-18(17(14)21)24(3)23-19(15)26-11-8-16(27)22-20(26)28/h4-5,12-13H,6-11H2,1-3H3,(H,22,27,28). The highest BCUT2D eigenvalue weighted by Gasteiger charge is 2.30. The summed E-state index contributed by atoms with van der Waals surface area (Å²) in [7, 11) is 1.69. The van der Waals surface area contributed by atoms with Gasteiger partial charge >= 0.3 is 6.03 Å². The van der Waals surface area contributed by atoms with Crippen molar-refractivity contribution in [3.8, 4) is 0 Å². The minimum atomic E-state index is -0.512. The average Bonchev–Trinajstić information content (AvgIpc) is 2.99. The summed E-state index contributed by atoms with van der Waals surface area (Å²) in [6, 6.07) is 3.69. The zero-order valence-electron chi connectivity index (χ0n) is 16.5. The molecule has 4 rings (SSSR count). The molecule has 3 amide bonds. The third kappa shape index (κ3) is 3.15. The van der Waals surface area contributed by atoms with Gasteiger partial charge in [-0.2, -0.15) is 5.10 Å². The van der Waals surface area contributed by atoms with Gasteiger partial charge in [-0.15, -0.1) is 0 Å². The van der Waals surface area contributed by atoms with Crippen molar-refractivity contribution in [2.24, 2.45) is 7.05 Å². The number of halogens is 1. The Morgan fingerprint density at radius 3 is 2.54 bits per heavy atom. The van der Waals surface area contributed by atoms with Gasteiger partial charge in [0.25, 0.3) is 0 Å². The molecule has 8 heteroatoms. The molecule has 2 aliphatic rings. The number of imide groups is 1. The van der Waals surface area contributed by atoms with Gasteiger partial charge in [0.15, 0.2) is 11.6 Å². The predicted molar refractivity (Wildman–Crippen MR) is 105 cm³/mol. The molecule has 1 N–H and O–H groups in total. The molecule has 0 unspecified atom stereocenters. The number of nitrogens with one attached hydrogen (secondary N) is 1. The lowest BCUT2D eigenvalue weighted by Gasteiger charge is -2.34. The van der Waals surface area contributed by atoms with Crippen molar-refractivity contribution in [1.82, 2.24) is 20.0 Å². The first-order chi connectivity index (χ1) is 13.4. The highest BCUT2D eigenvalue weighted by atomic mass is 19.1. The van der Waals surface area contributed by atoms with E-state index in [4.69, 9.17) is 0 Å². The number of nitrogens with zero attached hydrogens (tertiary/aromatic N) is 4. The highest BCUT2D eigenvalue weighted by molar-refractivity contribution is 6.08. The number of aromatic nitrogens is 2. The molecule has 7 nitrogen and oxygen atoms in total. The monoisotopic (exact) mass is 387 g/mol. The molecule has 28 heavy (non-hydrogen) atoms. The Morgan fingerprint density at radius 1 is 1.18 bits per heavy atom. The quantitative estimate of drug-likeness (QED) is 0.879. The maximum absolute atomic E-state index is 15.5. The van der Waals surface area contributed by atoms with E-state index in [0.717, 1.165) is 31.5 Å². The van der Waals surface area contributed by atoms with E-state index >= 15 is 4.39 Å². The number of hydrogen-bond donors (Lipinski definition) is 1. The molecule has 0 saturated carbocycles. The molecule has 0 aliphatic carbocycles. The molecule has 2 fully saturated rings. The van der Waals surface area contributed by atoms with Crippen molar-refractivity contribution < 1.29 is 14.0 Å². The van der Waals surface area contributed by atoms with E-state index in [0.29, 0.717) is 22.8 Å². The summed E-state index contributed by atoms with van der Waals surface area (Å²) in [5, 5.41) is 7.28. The van der Waals surface area contributed by atoms with E-state index in [2.05, 4.69) is 29.2 Å². The number of urea groups is 1. The first kappa shape index (κ1) is 18.9. The van der Waals surface area contributed by atoms with Crippen molar-refractivity contribution in [3.63, 3.8) is 0 Å². The third-order valence-corrected chi connectivity index (χ3v) is 5.96. The molecule has 2 aliphatic heterocycles. The predicted octanol–water partition coefficient (Wildman–Crippen LogP) is 2.75. The van der Waals surface area contributed by atoms with Crippen LogP contribution in [0, 0.1) is 5.82 Å². The molecule has 0 spiro atoms. The number of rotatable bonds is 3. The fourth-order valence-electron chi connectivity index (χ4n) is 4.33. The van der Waals surface area contributed by atoms with Crippen molar-refractivity contribution in [2.75, 3.05) is 24.5 Å². The zero-order chi connectivity index (χ0) is 20.0. The first-order valence-corrected chi connectivity index (χ1v) is 9.87. The number of carbonyl (C=O) groups is 2. The van der Waals surface area contributed by atoms with Crippen LogP contribution < -0.4 is 10.2 Å². The number of amides is 3. The minimum absolute atomic E-state index is 0.189. The van der Waals surface area contributed by atoms with Crippen LogP contribution in [0.4, 0.5) is 15.0 Å². The average molecular weight is 387 g/mol. The van der Waals surface area contributed by atoms with Gasteiger partial charge in [0, 0.05) is 31.4 Å². The van der Waals surface area contributed by atoms with E-state index in [1.807, 2.05) is 12.1 Å². The van der Waals surface area contributed by atoms with Gasteiger partial charge in [-0.3, -0.25) is 19.7 Å². The molecule has 1 aromatic carbocycles. The Kier molecular flexibility index (Phi) is 4.82. The third-order valence-electron chi connectivity index (χ3n) is 5.96. The van der Waals surface area contributed by atoms with Crippen LogP contribution in [0.2, 0.25) is 0 Å². The maximum Gasteiger partial charge on any atom is 0.329 e. The Morgan fingerprint density at radius 2 is 1.89 bits per heavy atom. The summed E-state index contributed by atoms with van der Waals surface area (Å²) < 4.78 is 17.0. The molecule has 2 saturated heterocycles. The largest absolute Gasteiger partial charge is 0.329 e.